The minimum atomic E-state index is -0.225. The fraction of sp³-hybridized carbons (Fsp3) is 0.128. The van der Waals surface area contributed by atoms with Gasteiger partial charge < -0.3 is 0 Å². The summed E-state index contributed by atoms with van der Waals surface area (Å²) in [5.74, 6) is 0.234. The number of ketones is 2. The standard InChI is InChI=1S/C39H26O2S4/c40-28-20-26(38(41)37-25-12-11-24(19-25)36(28)37)27-21-35(33-16-14-30(43-33)23-9-5-2-6-10-23)45-39(27)34-18-17-32(44-34)31-15-13-29(42-31)22-7-3-1-4-8-22/h1-18,20-21,24-25,36-37H,19H2. The molecule has 0 N–H and O–H groups in total. The molecular formula is C39H26O2S4. The maximum absolute atomic E-state index is 14.2. The summed E-state index contributed by atoms with van der Waals surface area (Å²) < 4.78 is 0. The summed E-state index contributed by atoms with van der Waals surface area (Å²) in [6.07, 6.45) is 6.93. The molecule has 2 aromatic carbocycles. The number of hydrogen-bond donors (Lipinski definition) is 0. The molecule has 2 bridgehead atoms. The van der Waals surface area contributed by atoms with Crippen LogP contribution in [-0.4, -0.2) is 11.6 Å². The average Bonchev–Trinajstić information content (AvgIpc) is 3.92. The van der Waals surface area contributed by atoms with Crippen molar-refractivity contribution in [1.82, 2.24) is 0 Å². The highest BCUT2D eigenvalue weighted by Crippen LogP contribution is 2.54. The molecule has 4 unspecified atom stereocenters. The molecule has 9 rings (SSSR count). The number of Topliss-reactive ketones (excluding diaryl/α,β-unsaturated/α-hetero) is 1. The summed E-state index contributed by atoms with van der Waals surface area (Å²) in [6, 6.07) is 36.2. The van der Waals surface area contributed by atoms with Crippen molar-refractivity contribution in [1.29, 1.82) is 0 Å². The first kappa shape index (κ1) is 27.4. The SMILES string of the molecule is O=C1C=C(c2cc(-c3ccc(-c4ccccc4)s3)sc2-c2ccc(-c3ccc(-c4ccccc4)s3)s2)C(=O)C2C3C=CC(C3)C12. The van der Waals surface area contributed by atoms with E-state index in [4.69, 9.17) is 0 Å². The van der Waals surface area contributed by atoms with Crippen molar-refractivity contribution in [3.8, 4) is 50.1 Å². The first-order chi connectivity index (χ1) is 22.1. The van der Waals surface area contributed by atoms with E-state index < -0.39 is 0 Å². The quantitative estimate of drug-likeness (QED) is 0.168. The van der Waals surface area contributed by atoms with E-state index in [1.807, 2.05) is 12.1 Å². The molecule has 218 valence electrons. The highest BCUT2D eigenvalue weighted by molar-refractivity contribution is 7.29. The van der Waals surface area contributed by atoms with Crippen LogP contribution in [-0.2, 0) is 9.59 Å². The summed E-state index contributed by atoms with van der Waals surface area (Å²) in [4.78, 5) is 37.1. The Hall–Kier alpha value is -3.94. The number of allylic oxidation sites excluding steroid dienone is 4. The zero-order chi connectivity index (χ0) is 30.1. The van der Waals surface area contributed by atoms with Crippen LogP contribution in [0.25, 0.3) is 55.7 Å². The minimum absolute atomic E-state index is 0.117. The first-order valence-corrected chi connectivity index (χ1v) is 18.4. The number of hydrogen-bond acceptors (Lipinski definition) is 6. The monoisotopic (exact) mass is 654 g/mol. The number of carbonyl (C=O) groups is 2. The van der Waals surface area contributed by atoms with E-state index in [9.17, 15) is 9.59 Å². The van der Waals surface area contributed by atoms with Crippen molar-refractivity contribution in [2.24, 2.45) is 23.7 Å². The Morgan fingerprint density at radius 2 is 1.02 bits per heavy atom. The molecule has 0 saturated heterocycles. The number of rotatable bonds is 6. The molecule has 0 amide bonds. The summed E-state index contributed by atoms with van der Waals surface area (Å²) >= 11 is 7.05. The summed E-state index contributed by atoms with van der Waals surface area (Å²) in [6.45, 7) is 0. The Morgan fingerprint density at radius 1 is 0.511 bits per heavy atom. The molecule has 3 aliphatic carbocycles. The molecule has 4 aromatic heterocycles. The minimum Gasteiger partial charge on any atom is -0.294 e. The second-order valence-electron chi connectivity index (χ2n) is 11.9. The normalized spacial score (nSPS) is 21.8. The molecule has 0 radical (unpaired) electrons. The van der Waals surface area contributed by atoms with Gasteiger partial charge in [0.1, 0.15) is 0 Å². The average molecular weight is 655 g/mol. The third-order valence-electron chi connectivity index (χ3n) is 9.31. The van der Waals surface area contributed by atoms with Gasteiger partial charge in [-0.25, -0.2) is 0 Å². The fourth-order valence-corrected chi connectivity index (χ4v) is 11.7. The van der Waals surface area contributed by atoms with Crippen molar-refractivity contribution in [3.05, 3.63) is 127 Å². The largest absolute Gasteiger partial charge is 0.294 e. The Kier molecular flexibility index (Phi) is 6.60. The summed E-state index contributed by atoms with van der Waals surface area (Å²) in [7, 11) is 0. The summed E-state index contributed by atoms with van der Waals surface area (Å²) in [5.41, 5.74) is 3.92. The third-order valence-corrected chi connectivity index (χ3v) is 14.4. The second-order valence-corrected chi connectivity index (χ2v) is 16.2. The van der Waals surface area contributed by atoms with Crippen molar-refractivity contribution < 1.29 is 9.59 Å². The fourth-order valence-electron chi connectivity index (χ4n) is 7.21. The molecule has 4 atom stereocenters. The van der Waals surface area contributed by atoms with Crippen molar-refractivity contribution >= 4 is 62.5 Å². The molecule has 1 saturated carbocycles. The number of fused-ring (bicyclic) bond motifs is 5. The zero-order valence-corrected chi connectivity index (χ0v) is 27.3. The van der Waals surface area contributed by atoms with E-state index in [1.165, 1.54) is 35.5 Å². The molecule has 6 aromatic rings. The van der Waals surface area contributed by atoms with E-state index >= 15 is 0 Å². The Balaban J connectivity index is 1.13. The van der Waals surface area contributed by atoms with Crippen molar-refractivity contribution in [2.45, 2.75) is 6.42 Å². The summed E-state index contributed by atoms with van der Waals surface area (Å²) in [5, 5.41) is 0. The van der Waals surface area contributed by atoms with Crippen LogP contribution in [0.1, 0.15) is 12.0 Å². The first-order valence-electron chi connectivity index (χ1n) is 15.1. The van der Waals surface area contributed by atoms with Crippen LogP contribution in [0.4, 0.5) is 0 Å². The van der Waals surface area contributed by atoms with Crippen LogP contribution in [0.3, 0.4) is 0 Å². The van der Waals surface area contributed by atoms with E-state index in [1.54, 1.807) is 51.4 Å². The molecule has 4 heterocycles. The highest BCUT2D eigenvalue weighted by atomic mass is 32.1. The highest BCUT2D eigenvalue weighted by Gasteiger charge is 2.53. The van der Waals surface area contributed by atoms with Crippen LogP contribution >= 0.6 is 45.3 Å². The molecule has 6 heteroatoms. The lowest BCUT2D eigenvalue weighted by atomic mass is 9.71. The van der Waals surface area contributed by atoms with Gasteiger partial charge in [-0.2, -0.15) is 0 Å². The van der Waals surface area contributed by atoms with Crippen LogP contribution < -0.4 is 0 Å². The topological polar surface area (TPSA) is 34.1 Å². The van der Waals surface area contributed by atoms with Crippen molar-refractivity contribution in [2.75, 3.05) is 0 Å². The Bertz CT molecular complexity index is 2150. The van der Waals surface area contributed by atoms with Gasteiger partial charge in [0.2, 0.25) is 0 Å². The van der Waals surface area contributed by atoms with Gasteiger partial charge in [0.15, 0.2) is 11.6 Å². The second kappa shape index (κ2) is 10.8. The maximum atomic E-state index is 14.2. The molecule has 1 fully saturated rings. The smallest absolute Gasteiger partial charge is 0.168 e. The molecule has 0 spiro atoms. The van der Waals surface area contributed by atoms with Crippen LogP contribution in [0.5, 0.6) is 0 Å². The van der Waals surface area contributed by atoms with Gasteiger partial charge in [-0.1, -0.05) is 72.8 Å². The van der Waals surface area contributed by atoms with E-state index in [0.717, 1.165) is 26.6 Å². The van der Waals surface area contributed by atoms with Gasteiger partial charge in [-0.05, 0) is 77.9 Å². The van der Waals surface area contributed by atoms with Crippen LogP contribution in [0, 0.1) is 23.7 Å². The Labute approximate surface area is 277 Å². The molecule has 3 aliphatic rings. The van der Waals surface area contributed by atoms with E-state index in [2.05, 4.69) is 103 Å². The number of thiophene rings is 4. The number of carbonyl (C=O) groups excluding carboxylic acids is 2. The van der Waals surface area contributed by atoms with Gasteiger partial charge >= 0.3 is 0 Å². The van der Waals surface area contributed by atoms with Crippen LogP contribution in [0.15, 0.2) is 121 Å². The van der Waals surface area contributed by atoms with Gasteiger partial charge in [-0.3, -0.25) is 9.59 Å². The predicted octanol–water partition coefficient (Wildman–Crippen LogP) is 11.2. The Morgan fingerprint density at radius 3 is 1.64 bits per heavy atom. The lowest BCUT2D eigenvalue weighted by Gasteiger charge is -2.29. The van der Waals surface area contributed by atoms with E-state index in [0.29, 0.717) is 5.57 Å². The van der Waals surface area contributed by atoms with Gasteiger partial charge in [-0.15, -0.1) is 45.3 Å². The van der Waals surface area contributed by atoms with Crippen molar-refractivity contribution in [3.63, 3.8) is 0 Å². The third kappa shape index (κ3) is 4.62. The van der Waals surface area contributed by atoms with Gasteiger partial charge in [0.05, 0.1) is 4.88 Å². The maximum Gasteiger partial charge on any atom is 0.168 e. The predicted molar refractivity (Wildman–Crippen MR) is 191 cm³/mol. The molecular weight excluding hydrogens is 629 g/mol. The van der Waals surface area contributed by atoms with E-state index in [-0.39, 0.29) is 35.2 Å². The van der Waals surface area contributed by atoms with Gasteiger partial charge in [0.25, 0.3) is 0 Å². The number of benzene rings is 2. The molecule has 45 heavy (non-hydrogen) atoms. The lowest BCUT2D eigenvalue weighted by Crippen LogP contribution is -2.36. The molecule has 0 aliphatic heterocycles. The molecule has 2 nitrogen and oxygen atoms in total. The van der Waals surface area contributed by atoms with Gasteiger partial charge in [0, 0.05) is 57.1 Å². The lowest BCUT2D eigenvalue weighted by molar-refractivity contribution is -0.128. The van der Waals surface area contributed by atoms with Crippen LogP contribution in [0.2, 0.25) is 0 Å². The zero-order valence-electron chi connectivity index (χ0n) is 24.0.